The number of hydrogen-bond donors (Lipinski definition) is 0. The third-order valence-electron chi connectivity index (χ3n) is 7.47. The summed E-state index contributed by atoms with van der Waals surface area (Å²) in [5.74, 6) is -2.70. The highest BCUT2D eigenvalue weighted by Crippen LogP contribution is 2.55. The third kappa shape index (κ3) is 3.66. The molecule has 0 radical (unpaired) electrons. The first kappa shape index (κ1) is 26.2. The molecule has 3 heterocycles. The van der Waals surface area contributed by atoms with E-state index in [2.05, 4.69) is 4.74 Å². The molecule has 1 atom stereocenters. The first-order valence-electron chi connectivity index (χ1n) is 12.5. The van der Waals surface area contributed by atoms with Gasteiger partial charge in [-0.05, 0) is 29.5 Å². The predicted molar refractivity (Wildman–Crippen MR) is 140 cm³/mol. The molecule has 212 valence electrons. The predicted octanol–water partition coefficient (Wildman–Crippen LogP) is 3.17. The van der Waals surface area contributed by atoms with Crippen molar-refractivity contribution in [2.75, 3.05) is 35.5 Å². The topological polar surface area (TPSA) is 146 Å². The number of carbonyl (C=O) groups is 3. The Bertz CT molecular complexity index is 1780. The van der Waals surface area contributed by atoms with Gasteiger partial charge in [0.1, 0.15) is 11.1 Å². The van der Waals surface area contributed by atoms with Crippen molar-refractivity contribution in [2.24, 2.45) is 0 Å². The number of fused-ring (bicyclic) bond motifs is 4. The van der Waals surface area contributed by atoms with Gasteiger partial charge in [-0.1, -0.05) is 0 Å². The maximum Gasteiger partial charge on any atom is 0.374 e. The number of allylic oxidation sites excluding steroid dienone is 2. The van der Waals surface area contributed by atoms with Crippen molar-refractivity contribution in [2.45, 2.75) is 25.0 Å². The normalized spacial score (nSPS) is 18.5. The number of ether oxygens (including phenoxy) is 7. The maximum atomic E-state index is 13.2. The van der Waals surface area contributed by atoms with E-state index in [-0.39, 0.29) is 63.2 Å². The SMILES string of the molecule is COC(=O)c1cc2cc3c(c(OC)c2c(=O)o1)OC1(CC3)Cc2c(c(OC)c3c(c2OC)C(=O)C=C(OC)C3=O)O1. The Kier molecular flexibility index (Phi) is 5.94. The zero-order valence-electron chi connectivity index (χ0n) is 22.8. The van der Waals surface area contributed by atoms with Gasteiger partial charge in [0.2, 0.25) is 11.5 Å². The summed E-state index contributed by atoms with van der Waals surface area (Å²) < 4.78 is 44.8. The number of benzene rings is 2. The van der Waals surface area contributed by atoms with Gasteiger partial charge in [-0.15, -0.1) is 0 Å². The number of esters is 1. The molecule has 0 saturated heterocycles. The van der Waals surface area contributed by atoms with Crippen LogP contribution in [-0.2, 0) is 22.3 Å². The van der Waals surface area contributed by atoms with Crippen LogP contribution in [0, 0.1) is 0 Å². The quantitative estimate of drug-likeness (QED) is 0.420. The zero-order chi connectivity index (χ0) is 29.2. The number of Topliss-reactive ketones (excluding diaryl/α,β-unsaturated/α-hetero) is 1. The fourth-order valence-corrected chi connectivity index (χ4v) is 5.71. The zero-order valence-corrected chi connectivity index (χ0v) is 22.8. The van der Waals surface area contributed by atoms with Crippen LogP contribution < -0.4 is 29.3 Å². The van der Waals surface area contributed by atoms with Crippen LogP contribution in [0.1, 0.15) is 48.8 Å². The minimum absolute atomic E-state index is 0.0247. The number of rotatable bonds is 5. The molecule has 3 aliphatic rings. The molecule has 0 amide bonds. The van der Waals surface area contributed by atoms with E-state index in [0.29, 0.717) is 29.4 Å². The second-order valence-electron chi connectivity index (χ2n) is 9.57. The number of hydrogen-bond acceptors (Lipinski definition) is 12. The summed E-state index contributed by atoms with van der Waals surface area (Å²) in [5.41, 5.74) is 0.412. The lowest BCUT2D eigenvalue weighted by atomic mass is 9.87. The van der Waals surface area contributed by atoms with E-state index >= 15 is 0 Å². The van der Waals surface area contributed by atoms with Crippen molar-refractivity contribution < 1.29 is 52.0 Å². The summed E-state index contributed by atoms with van der Waals surface area (Å²) in [6.45, 7) is 0. The molecule has 2 aromatic carbocycles. The first-order valence-corrected chi connectivity index (χ1v) is 12.5. The standard InChI is InChI=1S/C29H24O12/c1-34-16-10-15(30)19-20(21(16)31)26(37-4)24-14(23(19)35-2)11-29(41-24)7-6-12-8-13-9-17(27(32)38-5)39-28(33)18(13)25(36-3)22(12)40-29/h8-10H,6-7,11H2,1-5H3. The molecule has 1 spiro atoms. The van der Waals surface area contributed by atoms with Gasteiger partial charge in [-0.3, -0.25) is 9.59 Å². The van der Waals surface area contributed by atoms with Crippen LogP contribution in [-0.4, -0.2) is 58.9 Å². The van der Waals surface area contributed by atoms with Gasteiger partial charge in [-0.25, -0.2) is 9.59 Å². The van der Waals surface area contributed by atoms with Crippen molar-refractivity contribution >= 4 is 28.3 Å². The molecule has 3 aromatic rings. The van der Waals surface area contributed by atoms with E-state index in [0.717, 1.165) is 6.08 Å². The molecular weight excluding hydrogens is 540 g/mol. The Morgan fingerprint density at radius 1 is 0.854 bits per heavy atom. The Morgan fingerprint density at radius 2 is 1.56 bits per heavy atom. The second kappa shape index (κ2) is 9.29. The van der Waals surface area contributed by atoms with Crippen molar-refractivity contribution in [1.29, 1.82) is 0 Å². The van der Waals surface area contributed by atoms with E-state index in [9.17, 15) is 19.2 Å². The lowest BCUT2D eigenvalue weighted by Gasteiger charge is -2.35. The van der Waals surface area contributed by atoms with Crippen molar-refractivity contribution in [3.05, 3.63) is 62.4 Å². The smallest absolute Gasteiger partial charge is 0.374 e. The summed E-state index contributed by atoms with van der Waals surface area (Å²) >= 11 is 0. The van der Waals surface area contributed by atoms with Crippen LogP contribution in [0.4, 0.5) is 0 Å². The highest BCUT2D eigenvalue weighted by atomic mass is 16.7. The molecule has 12 nitrogen and oxygen atoms in total. The van der Waals surface area contributed by atoms with Gasteiger partial charge in [0.25, 0.3) is 5.79 Å². The molecule has 0 fully saturated rings. The van der Waals surface area contributed by atoms with Crippen molar-refractivity contribution in [1.82, 2.24) is 0 Å². The number of ketones is 2. The van der Waals surface area contributed by atoms with Crippen LogP contribution in [0.5, 0.6) is 28.7 Å². The Hall–Kier alpha value is -5.00. The van der Waals surface area contributed by atoms with Gasteiger partial charge >= 0.3 is 11.6 Å². The summed E-state index contributed by atoms with van der Waals surface area (Å²) in [6.07, 6.45) is 2.02. The van der Waals surface area contributed by atoms with Crippen LogP contribution in [0.2, 0.25) is 0 Å². The monoisotopic (exact) mass is 564 g/mol. The maximum absolute atomic E-state index is 13.2. The summed E-state index contributed by atoms with van der Waals surface area (Å²) in [7, 11) is 6.63. The van der Waals surface area contributed by atoms with Gasteiger partial charge in [-0.2, -0.15) is 0 Å². The molecule has 0 saturated carbocycles. The summed E-state index contributed by atoms with van der Waals surface area (Å²) in [4.78, 5) is 51.3. The molecule has 1 aromatic heterocycles. The van der Waals surface area contributed by atoms with Gasteiger partial charge in [0.15, 0.2) is 34.5 Å². The van der Waals surface area contributed by atoms with Crippen LogP contribution in [0.15, 0.2) is 33.2 Å². The van der Waals surface area contributed by atoms with E-state index < -0.39 is 28.9 Å². The summed E-state index contributed by atoms with van der Waals surface area (Å²) in [6, 6.07) is 3.13. The van der Waals surface area contributed by atoms with Gasteiger partial charge in [0.05, 0.1) is 53.1 Å². The van der Waals surface area contributed by atoms with Crippen LogP contribution in [0.3, 0.4) is 0 Å². The van der Waals surface area contributed by atoms with Crippen molar-refractivity contribution in [3.8, 4) is 28.7 Å². The second-order valence-corrected chi connectivity index (χ2v) is 9.57. The average molecular weight is 564 g/mol. The third-order valence-corrected chi connectivity index (χ3v) is 7.47. The molecule has 41 heavy (non-hydrogen) atoms. The average Bonchev–Trinajstić information content (AvgIpc) is 3.34. The van der Waals surface area contributed by atoms with Crippen molar-refractivity contribution in [3.63, 3.8) is 0 Å². The molecule has 0 bridgehead atoms. The fraction of sp³-hybridized carbons (Fsp3) is 0.310. The number of carbonyl (C=O) groups excluding carboxylic acids is 3. The largest absolute Gasteiger partial charge is 0.496 e. The molecule has 1 unspecified atom stereocenters. The fourth-order valence-electron chi connectivity index (χ4n) is 5.71. The number of aryl methyl sites for hydroxylation is 1. The highest BCUT2D eigenvalue weighted by molar-refractivity contribution is 6.26. The Balaban J connectivity index is 1.49. The molecule has 12 heteroatoms. The van der Waals surface area contributed by atoms with Gasteiger partial charge < -0.3 is 37.6 Å². The minimum Gasteiger partial charge on any atom is -0.496 e. The Labute approximate surface area is 232 Å². The minimum atomic E-state index is -1.31. The van der Waals surface area contributed by atoms with Gasteiger partial charge in [0, 0.05) is 18.1 Å². The molecule has 6 rings (SSSR count). The molecule has 0 N–H and O–H groups in total. The van der Waals surface area contributed by atoms with E-state index in [1.165, 1.54) is 41.6 Å². The molecule has 1 aliphatic carbocycles. The summed E-state index contributed by atoms with van der Waals surface area (Å²) in [5, 5.41) is 0.494. The highest BCUT2D eigenvalue weighted by Gasteiger charge is 2.51. The first-order chi connectivity index (χ1) is 19.7. The molecular formula is C29H24O12. The van der Waals surface area contributed by atoms with Crippen LogP contribution in [0.25, 0.3) is 10.8 Å². The Morgan fingerprint density at radius 3 is 2.22 bits per heavy atom. The number of methoxy groups -OCH3 is 5. The van der Waals surface area contributed by atoms with E-state index in [4.69, 9.17) is 32.8 Å². The lowest BCUT2D eigenvalue weighted by Crippen LogP contribution is -2.44. The molecule has 2 aliphatic heterocycles. The van der Waals surface area contributed by atoms with Crippen LogP contribution >= 0.6 is 0 Å². The van der Waals surface area contributed by atoms with E-state index in [1.807, 2.05) is 0 Å². The van der Waals surface area contributed by atoms with E-state index in [1.54, 1.807) is 6.07 Å². The lowest BCUT2D eigenvalue weighted by molar-refractivity contribution is -0.112.